The first-order chi connectivity index (χ1) is 39.0. The van der Waals surface area contributed by atoms with Gasteiger partial charge in [-0.3, -0.25) is 14.4 Å². The first kappa shape index (κ1) is 75.1. The summed E-state index contributed by atoms with van der Waals surface area (Å²) >= 11 is 0. The van der Waals surface area contributed by atoms with Gasteiger partial charge in [-0.05, 0) is 128 Å². The van der Waals surface area contributed by atoms with Crippen LogP contribution in [0.4, 0.5) is 0 Å². The average Bonchev–Trinajstić information content (AvgIpc) is 3.45. The number of esters is 3. The van der Waals surface area contributed by atoms with Crippen molar-refractivity contribution in [2.75, 3.05) is 13.2 Å². The third-order valence-corrected chi connectivity index (χ3v) is 14.2. The molecule has 0 aliphatic rings. The Labute approximate surface area is 489 Å². The summed E-state index contributed by atoms with van der Waals surface area (Å²) in [6, 6.07) is 0. The van der Waals surface area contributed by atoms with E-state index in [0.717, 1.165) is 116 Å². The standard InChI is InChI=1S/C73H124O6/c1-4-7-10-13-16-19-22-25-28-29-30-31-32-33-34-35-36-37-38-39-40-41-42-43-46-48-51-54-57-60-63-66-72(75)78-69-70(79-73(76)67-64-61-58-55-52-49-45-27-24-21-18-15-12-9-6-3)68-77-71(74)65-62-59-56-53-50-47-44-26-23-20-17-14-11-8-5-2/h9,12,17-18,20-22,25-27,29-30,32-33,44-45,52,55,70H,4-8,10-11,13-16,19,23-24,28,31,34-43,46-51,53-54,56-69H2,1-3H3/b12-9-,20-17-,21-18-,25-22-,30-29-,33-32-,44-26-,45-27-,55-52-. The van der Waals surface area contributed by atoms with Gasteiger partial charge < -0.3 is 14.2 Å². The number of allylic oxidation sites excluding steroid dienone is 18. The molecule has 0 aromatic rings. The minimum atomic E-state index is -0.807. The highest BCUT2D eigenvalue weighted by Crippen LogP contribution is 2.16. The first-order valence-electron chi connectivity index (χ1n) is 33.4. The molecule has 0 amide bonds. The van der Waals surface area contributed by atoms with E-state index in [0.29, 0.717) is 19.3 Å². The molecule has 0 aromatic heterocycles. The summed E-state index contributed by atoms with van der Waals surface area (Å²) in [5.74, 6) is -0.948. The zero-order valence-electron chi connectivity index (χ0n) is 51.9. The van der Waals surface area contributed by atoms with E-state index < -0.39 is 6.10 Å². The van der Waals surface area contributed by atoms with Gasteiger partial charge in [-0.2, -0.15) is 0 Å². The highest BCUT2D eigenvalue weighted by atomic mass is 16.6. The summed E-state index contributed by atoms with van der Waals surface area (Å²) in [6.45, 7) is 6.46. The van der Waals surface area contributed by atoms with E-state index in [1.807, 2.05) is 0 Å². The molecule has 6 nitrogen and oxygen atoms in total. The van der Waals surface area contributed by atoms with Crippen molar-refractivity contribution in [3.05, 3.63) is 109 Å². The van der Waals surface area contributed by atoms with Gasteiger partial charge in [0.05, 0.1) is 0 Å². The second-order valence-electron chi connectivity index (χ2n) is 22.0. The van der Waals surface area contributed by atoms with Crippen LogP contribution >= 0.6 is 0 Å². The van der Waals surface area contributed by atoms with E-state index in [1.165, 1.54) is 154 Å². The number of ether oxygens (including phenoxy) is 3. The lowest BCUT2D eigenvalue weighted by Gasteiger charge is -2.18. The maximum absolute atomic E-state index is 12.9. The average molecular weight is 1100 g/mol. The Balaban J connectivity index is 4.25. The van der Waals surface area contributed by atoms with Crippen LogP contribution in [-0.4, -0.2) is 37.2 Å². The molecule has 0 aliphatic carbocycles. The lowest BCUT2D eigenvalue weighted by molar-refractivity contribution is -0.167. The third-order valence-electron chi connectivity index (χ3n) is 14.2. The smallest absolute Gasteiger partial charge is 0.306 e. The lowest BCUT2D eigenvalue weighted by Crippen LogP contribution is -2.30. The molecule has 0 saturated carbocycles. The van der Waals surface area contributed by atoms with E-state index in [-0.39, 0.29) is 37.5 Å². The van der Waals surface area contributed by atoms with Crippen molar-refractivity contribution >= 4 is 17.9 Å². The summed E-state index contributed by atoms with van der Waals surface area (Å²) in [5, 5.41) is 0. The van der Waals surface area contributed by atoms with Crippen LogP contribution in [0.3, 0.4) is 0 Å². The monoisotopic (exact) mass is 1100 g/mol. The molecule has 6 heteroatoms. The Morgan fingerprint density at radius 2 is 0.494 bits per heavy atom. The van der Waals surface area contributed by atoms with Gasteiger partial charge in [-0.1, -0.05) is 278 Å². The molecule has 0 N–H and O–H groups in total. The van der Waals surface area contributed by atoms with Crippen molar-refractivity contribution in [1.29, 1.82) is 0 Å². The molecule has 0 saturated heterocycles. The Hall–Kier alpha value is -3.93. The highest BCUT2D eigenvalue weighted by Gasteiger charge is 2.19. The van der Waals surface area contributed by atoms with E-state index in [1.54, 1.807) is 0 Å². The van der Waals surface area contributed by atoms with Crippen LogP contribution in [0.5, 0.6) is 0 Å². The molecule has 0 bridgehead atoms. The fraction of sp³-hybridized carbons (Fsp3) is 0.712. The van der Waals surface area contributed by atoms with Crippen LogP contribution in [0, 0.1) is 0 Å². The molecule has 0 spiro atoms. The molecular formula is C73H124O6. The predicted molar refractivity (Wildman–Crippen MR) is 343 cm³/mol. The zero-order chi connectivity index (χ0) is 57.1. The van der Waals surface area contributed by atoms with E-state index in [9.17, 15) is 14.4 Å². The molecule has 0 fully saturated rings. The number of carbonyl (C=O) groups is 3. The van der Waals surface area contributed by atoms with Gasteiger partial charge in [0.15, 0.2) is 6.10 Å². The minimum Gasteiger partial charge on any atom is -0.462 e. The topological polar surface area (TPSA) is 78.9 Å². The van der Waals surface area contributed by atoms with Gasteiger partial charge >= 0.3 is 17.9 Å². The van der Waals surface area contributed by atoms with Gasteiger partial charge in [0.2, 0.25) is 0 Å². The maximum Gasteiger partial charge on any atom is 0.306 e. The predicted octanol–water partition coefficient (Wildman–Crippen LogP) is 23.0. The van der Waals surface area contributed by atoms with Crippen LogP contribution in [0.25, 0.3) is 0 Å². The number of hydrogen-bond donors (Lipinski definition) is 0. The van der Waals surface area contributed by atoms with E-state index in [4.69, 9.17) is 14.2 Å². The van der Waals surface area contributed by atoms with Crippen LogP contribution in [0.2, 0.25) is 0 Å². The van der Waals surface area contributed by atoms with Crippen LogP contribution in [-0.2, 0) is 28.6 Å². The lowest BCUT2D eigenvalue weighted by atomic mass is 10.0. The maximum atomic E-state index is 12.9. The number of rotatable bonds is 60. The Morgan fingerprint density at radius 3 is 0.823 bits per heavy atom. The molecule has 0 aromatic carbocycles. The fourth-order valence-corrected chi connectivity index (χ4v) is 9.24. The highest BCUT2D eigenvalue weighted by molar-refractivity contribution is 5.71. The largest absolute Gasteiger partial charge is 0.462 e. The minimum absolute atomic E-state index is 0.0989. The third kappa shape index (κ3) is 64.8. The number of carbonyl (C=O) groups excluding carboxylic acids is 3. The van der Waals surface area contributed by atoms with Gasteiger partial charge in [0.25, 0.3) is 0 Å². The van der Waals surface area contributed by atoms with Crippen molar-refractivity contribution < 1.29 is 28.6 Å². The quantitative estimate of drug-likeness (QED) is 0.0261. The van der Waals surface area contributed by atoms with Crippen molar-refractivity contribution in [1.82, 2.24) is 0 Å². The van der Waals surface area contributed by atoms with Gasteiger partial charge in [-0.25, -0.2) is 0 Å². The SMILES string of the molecule is CC/C=C\C/C=C\C/C=C\C/C=C\CCCCC(=O)OC(COC(=O)CCCCCCC/C=C\C/C=C\CCCCC)COC(=O)CCCCCCCCCCCCCCCCCC/C=C\C/C=C\C/C=C\CCCCCCC. The molecule has 1 atom stereocenters. The van der Waals surface area contributed by atoms with E-state index >= 15 is 0 Å². The second kappa shape index (κ2) is 66.6. The van der Waals surface area contributed by atoms with Gasteiger partial charge in [0.1, 0.15) is 13.2 Å². The second-order valence-corrected chi connectivity index (χ2v) is 22.0. The summed E-state index contributed by atoms with van der Waals surface area (Å²) in [4.78, 5) is 38.3. The molecule has 79 heavy (non-hydrogen) atoms. The molecule has 0 rings (SSSR count). The van der Waals surface area contributed by atoms with Crippen molar-refractivity contribution in [2.45, 2.75) is 322 Å². The fourth-order valence-electron chi connectivity index (χ4n) is 9.24. The molecule has 0 aliphatic heterocycles. The Bertz CT molecular complexity index is 1590. The van der Waals surface area contributed by atoms with Gasteiger partial charge in [-0.15, -0.1) is 0 Å². The molecule has 1 unspecified atom stereocenters. The number of unbranched alkanes of at least 4 members (excludes halogenated alkanes) is 31. The van der Waals surface area contributed by atoms with Crippen LogP contribution < -0.4 is 0 Å². The summed E-state index contributed by atoms with van der Waals surface area (Å²) in [7, 11) is 0. The summed E-state index contributed by atoms with van der Waals surface area (Å²) in [5.41, 5.74) is 0. The van der Waals surface area contributed by atoms with Crippen molar-refractivity contribution in [3.63, 3.8) is 0 Å². The Kier molecular flexibility index (Phi) is 63.3. The summed E-state index contributed by atoms with van der Waals surface area (Å²) < 4.78 is 16.9. The normalized spacial score (nSPS) is 12.8. The molecule has 0 radical (unpaired) electrons. The summed E-state index contributed by atoms with van der Waals surface area (Å²) in [6.07, 6.45) is 91.2. The Morgan fingerprint density at radius 1 is 0.266 bits per heavy atom. The first-order valence-corrected chi connectivity index (χ1v) is 33.4. The molecular weight excluding hydrogens is 973 g/mol. The zero-order valence-corrected chi connectivity index (χ0v) is 51.9. The van der Waals surface area contributed by atoms with E-state index in [2.05, 4.69) is 130 Å². The molecule has 452 valence electrons. The van der Waals surface area contributed by atoms with Crippen LogP contribution in [0.1, 0.15) is 316 Å². The van der Waals surface area contributed by atoms with Crippen LogP contribution in [0.15, 0.2) is 109 Å². The molecule has 0 heterocycles. The van der Waals surface area contributed by atoms with Crippen molar-refractivity contribution in [3.8, 4) is 0 Å². The number of hydrogen-bond acceptors (Lipinski definition) is 6. The van der Waals surface area contributed by atoms with Gasteiger partial charge in [0, 0.05) is 19.3 Å². The van der Waals surface area contributed by atoms with Crippen molar-refractivity contribution in [2.24, 2.45) is 0 Å².